The number of carboxylic acid groups (broad SMARTS) is 3. The van der Waals surface area contributed by atoms with Gasteiger partial charge in [0.25, 0.3) is 0 Å². The molecule has 0 saturated carbocycles. The Hall–Kier alpha value is -4.50. The Morgan fingerprint density at radius 3 is 1.95 bits per heavy atom. The summed E-state index contributed by atoms with van der Waals surface area (Å²) in [6.45, 7) is 0.429. The molecule has 2 rings (SSSR count). The number of fused-ring (bicyclic) bond motifs is 1. The summed E-state index contributed by atoms with van der Waals surface area (Å²) >= 11 is 0. The smallest absolute Gasteiger partial charge is 0.326 e. The summed E-state index contributed by atoms with van der Waals surface area (Å²) in [6.07, 6.45) is 1.31. The van der Waals surface area contributed by atoms with Crippen LogP contribution in [0, 0.1) is 0 Å². The molecule has 1 aromatic carbocycles. The topological polar surface area (TPSA) is 267 Å². The molecule has 2 aromatic rings. The number of nitrogens with one attached hydrogen (secondary N) is 4. The van der Waals surface area contributed by atoms with Gasteiger partial charge in [-0.15, -0.1) is 0 Å². The van der Waals surface area contributed by atoms with Crippen molar-refractivity contribution in [1.29, 1.82) is 0 Å². The van der Waals surface area contributed by atoms with E-state index in [9.17, 15) is 33.9 Å². The number of aromatic nitrogens is 1. The number of H-pyrrole nitrogens is 1. The van der Waals surface area contributed by atoms with E-state index in [2.05, 4.69) is 20.9 Å². The number of aliphatic carboxylic acids is 3. The zero-order valence-electron chi connectivity index (χ0n) is 23.0. The van der Waals surface area contributed by atoms with Crippen LogP contribution < -0.4 is 27.4 Å². The zero-order chi connectivity index (χ0) is 31.2. The number of benzene rings is 1. The van der Waals surface area contributed by atoms with E-state index < -0.39 is 85.5 Å². The quantitative estimate of drug-likeness (QED) is 0.0935. The molecule has 11 N–H and O–H groups in total. The minimum atomic E-state index is -1.59. The summed E-state index contributed by atoms with van der Waals surface area (Å²) in [4.78, 5) is 76.2. The van der Waals surface area contributed by atoms with Crippen LogP contribution in [-0.2, 0) is 35.2 Å². The molecule has 4 unspecified atom stereocenters. The lowest BCUT2D eigenvalue weighted by atomic mass is 10.0. The Labute approximate surface area is 241 Å². The van der Waals surface area contributed by atoms with Crippen molar-refractivity contribution in [3.05, 3.63) is 36.0 Å². The number of carbonyl (C=O) groups is 6. The second-order valence-electron chi connectivity index (χ2n) is 9.84. The Bertz CT molecular complexity index is 1260. The fraction of sp³-hybridized carbons (Fsp3) is 0.481. The third kappa shape index (κ3) is 10.8. The molecule has 0 saturated heterocycles. The molecule has 42 heavy (non-hydrogen) atoms. The normalized spacial score (nSPS) is 13.9. The predicted molar refractivity (Wildman–Crippen MR) is 150 cm³/mol. The lowest BCUT2D eigenvalue weighted by molar-refractivity contribution is -0.144. The second kappa shape index (κ2) is 16.7. The van der Waals surface area contributed by atoms with Crippen molar-refractivity contribution in [2.75, 3.05) is 6.54 Å². The molecule has 15 heteroatoms. The van der Waals surface area contributed by atoms with Crippen LogP contribution in [0.3, 0.4) is 0 Å². The van der Waals surface area contributed by atoms with Gasteiger partial charge in [-0.25, -0.2) is 4.79 Å². The van der Waals surface area contributed by atoms with Crippen molar-refractivity contribution in [2.45, 2.75) is 75.5 Å². The van der Waals surface area contributed by atoms with E-state index in [0.29, 0.717) is 31.4 Å². The van der Waals surface area contributed by atoms with E-state index in [0.717, 1.165) is 10.9 Å². The van der Waals surface area contributed by atoms with Crippen LogP contribution in [0.5, 0.6) is 0 Å². The molecular formula is C27H38N6O9. The van der Waals surface area contributed by atoms with Crippen LogP contribution in [0.15, 0.2) is 30.5 Å². The highest BCUT2D eigenvalue weighted by Crippen LogP contribution is 2.19. The number of nitrogens with two attached hydrogens (primary N) is 2. The zero-order valence-corrected chi connectivity index (χ0v) is 23.0. The van der Waals surface area contributed by atoms with Crippen molar-refractivity contribution in [2.24, 2.45) is 11.5 Å². The molecule has 0 bridgehead atoms. The number of para-hydroxylation sites is 1. The van der Waals surface area contributed by atoms with Crippen molar-refractivity contribution >= 4 is 46.5 Å². The average Bonchev–Trinajstić information content (AvgIpc) is 3.34. The van der Waals surface area contributed by atoms with Crippen LogP contribution in [0.4, 0.5) is 0 Å². The highest BCUT2D eigenvalue weighted by molar-refractivity contribution is 5.95. The average molecular weight is 591 g/mol. The van der Waals surface area contributed by atoms with E-state index >= 15 is 0 Å². The molecule has 0 radical (unpaired) electrons. The fourth-order valence-electron chi connectivity index (χ4n) is 4.25. The lowest BCUT2D eigenvalue weighted by Crippen LogP contribution is -2.57. The first-order valence-corrected chi connectivity index (χ1v) is 13.5. The van der Waals surface area contributed by atoms with Gasteiger partial charge in [0.2, 0.25) is 17.7 Å². The maximum atomic E-state index is 13.5. The molecule has 0 aliphatic carbocycles. The van der Waals surface area contributed by atoms with Crippen molar-refractivity contribution in [3.8, 4) is 0 Å². The van der Waals surface area contributed by atoms with Crippen molar-refractivity contribution in [1.82, 2.24) is 20.9 Å². The second-order valence-corrected chi connectivity index (χ2v) is 9.84. The summed E-state index contributed by atoms with van der Waals surface area (Å²) in [6, 6.07) is 2.01. The van der Waals surface area contributed by atoms with Crippen LogP contribution in [0.2, 0.25) is 0 Å². The van der Waals surface area contributed by atoms with Gasteiger partial charge in [-0.05, 0) is 43.9 Å². The Morgan fingerprint density at radius 2 is 1.33 bits per heavy atom. The number of carbonyl (C=O) groups excluding carboxylic acids is 3. The minimum absolute atomic E-state index is 0.0132. The van der Waals surface area contributed by atoms with Crippen LogP contribution in [0.1, 0.15) is 50.5 Å². The molecule has 0 aliphatic rings. The number of rotatable bonds is 19. The fourth-order valence-corrected chi connectivity index (χ4v) is 4.25. The maximum absolute atomic E-state index is 13.5. The number of aromatic amines is 1. The Kier molecular flexibility index (Phi) is 13.4. The van der Waals surface area contributed by atoms with E-state index in [1.807, 2.05) is 18.2 Å². The standard InChI is InChI=1S/C27H38N6O9/c28-12-4-3-6-17(29)24(38)33-21(13-15-14-30-18-7-2-1-5-16(15)18)26(40)31-19(8-10-22(34)35)25(39)32-20(27(41)42)9-11-23(36)37/h1-2,5,7,14,17,19-21,30H,3-4,6,8-13,28-29H2,(H,31,40)(H,32,39)(H,33,38)(H,34,35)(H,36,37)(H,41,42). The Balaban J connectivity index is 2.29. The van der Waals surface area contributed by atoms with Crippen molar-refractivity contribution in [3.63, 3.8) is 0 Å². The molecule has 0 fully saturated rings. The molecule has 15 nitrogen and oxygen atoms in total. The third-order valence-corrected chi connectivity index (χ3v) is 6.58. The minimum Gasteiger partial charge on any atom is -0.481 e. The summed E-state index contributed by atoms with van der Waals surface area (Å²) in [5.41, 5.74) is 13.0. The van der Waals surface area contributed by atoms with Gasteiger partial charge in [0.15, 0.2) is 0 Å². The summed E-state index contributed by atoms with van der Waals surface area (Å²) in [7, 11) is 0. The third-order valence-electron chi connectivity index (χ3n) is 6.58. The van der Waals surface area contributed by atoms with Gasteiger partial charge in [-0.3, -0.25) is 24.0 Å². The van der Waals surface area contributed by atoms with Gasteiger partial charge >= 0.3 is 17.9 Å². The van der Waals surface area contributed by atoms with Gasteiger partial charge in [-0.2, -0.15) is 0 Å². The van der Waals surface area contributed by atoms with Gasteiger partial charge in [0.1, 0.15) is 18.1 Å². The Morgan fingerprint density at radius 1 is 0.762 bits per heavy atom. The monoisotopic (exact) mass is 590 g/mol. The lowest BCUT2D eigenvalue weighted by Gasteiger charge is -2.25. The summed E-state index contributed by atoms with van der Waals surface area (Å²) < 4.78 is 0. The van der Waals surface area contributed by atoms with Crippen LogP contribution >= 0.6 is 0 Å². The largest absolute Gasteiger partial charge is 0.481 e. The van der Waals surface area contributed by atoms with Gasteiger partial charge < -0.3 is 47.7 Å². The van der Waals surface area contributed by atoms with Gasteiger partial charge in [0, 0.05) is 36.4 Å². The van der Waals surface area contributed by atoms with Crippen LogP contribution in [-0.4, -0.2) is 86.6 Å². The summed E-state index contributed by atoms with van der Waals surface area (Å²) in [5.74, 6) is -6.50. The molecule has 0 spiro atoms. The molecule has 0 aliphatic heterocycles. The number of amides is 3. The van der Waals surface area contributed by atoms with E-state index in [1.54, 1.807) is 12.3 Å². The predicted octanol–water partition coefficient (Wildman–Crippen LogP) is -0.565. The van der Waals surface area contributed by atoms with E-state index in [4.69, 9.17) is 21.7 Å². The highest BCUT2D eigenvalue weighted by atomic mass is 16.4. The first-order valence-electron chi connectivity index (χ1n) is 13.5. The van der Waals surface area contributed by atoms with Gasteiger partial charge in [0.05, 0.1) is 6.04 Å². The summed E-state index contributed by atoms with van der Waals surface area (Å²) in [5, 5.41) is 35.4. The number of unbranched alkanes of at least 4 members (excludes halogenated alkanes) is 1. The molecule has 3 amide bonds. The van der Waals surface area contributed by atoms with E-state index in [-0.39, 0.29) is 6.42 Å². The van der Waals surface area contributed by atoms with Crippen molar-refractivity contribution < 1.29 is 44.1 Å². The number of hydrogen-bond donors (Lipinski definition) is 9. The first-order chi connectivity index (χ1) is 19.9. The first kappa shape index (κ1) is 33.7. The number of carboxylic acids is 3. The highest BCUT2D eigenvalue weighted by Gasteiger charge is 2.31. The molecule has 1 aromatic heterocycles. The van der Waals surface area contributed by atoms with Crippen LogP contribution in [0.25, 0.3) is 10.9 Å². The maximum Gasteiger partial charge on any atom is 0.326 e. The van der Waals surface area contributed by atoms with Gasteiger partial charge in [-0.1, -0.05) is 24.6 Å². The van der Waals surface area contributed by atoms with E-state index in [1.165, 1.54) is 0 Å². The molecule has 4 atom stereocenters. The molecular weight excluding hydrogens is 552 g/mol. The molecule has 230 valence electrons. The molecule has 1 heterocycles. The number of hydrogen-bond acceptors (Lipinski definition) is 8. The SMILES string of the molecule is NCCCCC(N)C(=O)NC(Cc1c[nH]c2ccccc12)C(=O)NC(CCC(=O)O)C(=O)NC(CCC(=O)O)C(=O)O.